The minimum absolute atomic E-state index is 0.145. The number of piperidine rings is 1. The van der Waals surface area contributed by atoms with Crippen molar-refractivity contribution in [2.24, 2.45) is 11.7 Å². The molecule has 9 nitrogen and oxygen atoms in total. The number of carbonyl (C=O) groups excluding carboxylic acids is 2. The van der Waals surface area contributed by atoms with E-state index in [1.54, 1.807) is 4.52 Å². The Bertz CT molecular complexity index is 1160. The average Bonchev–Trinajstić information content (AvgIpc) is 3.27. The summed E-state index contributed by atoms with van der Waals surface area (Å²) >= 11 is 0. The lowest BCUT2D eigenvalue weighted by atomic mass is 9.95. The van der Waals surface area contributed by atoms with Gasteiger partial charge in [-0.25, -0.2) is 4.98 Å². The number of nitrogens with zero attached hydrogens (tertiary/aromatic N) is 4. The lowest BCUT2D eigenvalue weighted by Gasteiger charge is -2.35. The van der Waals surface area contributed by atoms with E-state index in [1.165, 1.54) is 0 Å². The lowest BCUT2D eigenvalue weighted by molar-refractivity contribution is -0.128. The van der Waals surface area contributed by atoms with Crippen LogP contribution in [0.1, 0.15) is 51.0 Å². The molecule has 2 aromatic heterocycles. The molecule has 3 aromatic rings. The largest absolute Gasteiger partial charge is 0.400 e. The van der Waals surface area contributed by atoms with Crippen molar-refractivity contribution >= 4 is 23.7 Å². The van der Waals surface area contributed by atoms with Crippen LogP contribution < -0.4 is 10.6 Å². The molecule has 0 aliphatic carbocycles. The zero-order chi connectivity index (χ0) is 25.8. The summed E-state index contributed by atoms with van der Waals surface area (Å²) in [5, 5.41) is 11.9. The number of primary amides is 1. The molecule has 1 aliphatic heterocycles. The molecule has 1 fully saturated rings. The Morgan fingerprint density at radius 1 is 1.20 bits per heavy atom. The highest BCUT2D eigenvalue weighted by Gasteiger charge is 2.32. The number of aromatic nitrogens is 3. The Labute approximate surface area is 205 Å². The van der Waals surface area contributed by atoms with Gasteiger partial charge < -0.3 is 25.3 Å². The molecule has 1 amide bonds. The second-order valence-electron chi connectivity index (χ2n) is 9.55. The summed E-state index contributed by atoms with van der Waals surface area (Å²) < 4.78 is 7.94. The number of hydrogen-bond acceptors (Lipinski definition) is 7. The number of fused-ring (bicyclic) bond motifs is 1. The second-order valence-corrected chi connectivity index (χ2v) is 9.55. The van der Waals surface area contributed by atoms with E-state index >= 15 is 0 Å². The minimum atomic E-state index is -0.796. The van der Waals surface area contributed by atoms with Crippen LogP contribution in [0.15, 0.2) is 36.4 Å². The van der Waals surface area contributed by atoms with Gasteiger partial charge in [0.1, 0.15) is 11.9 Å². The molecule has 0 bridgehead atoms. The SMILES string of the molecule is CO.Cc1nc2cc(-c3ccccc3)nn2c(N2CCC(C(N)=O)CC2)c1C(C=O)OC(C)(C)C. The van der Waals surface area contributed by atoms with Crippen LogP contribution in [0.3, 0.4) is 0 Å². The fraction of sp³-hybridized carbons (Fsp3) is 0.462. The first kappa shape index (κ1) is 26.3. The first-order valence-corrected chi connectivity index (χ1v) is 11.8. The zero-order valence-electron chi connectivity index (χ0n) is 21.1. The van der Waals surface area contributed by atoms with Crippen LogP contribution in [-0.4, -0.2) is 57.7 Å². The van der Waals surface area contributed by atoms with E-state index in [0.29, 0.717) is 37.1 Å². The van der Waals surface area contributed by atoms with Crippen molar-refractivity contribution in [2.75, 3.05) is 25.1 Å². The van der Waals surface area contributed by atoms with Crippen LogP contribution in [0.5, 0.6) is 0 Å². The van der Waals surface area contributed by atoms with Gasteiger partial charge in [0.2, 0.25) is 5.91 Å². The number of benzene rings is 1. The van der Waals surface area contributed by atoms with E-state index in [1.807, 2.05) is 64.1 Å². The van der Waals surface area contributed by atoms with E-state index in [-0.39, 0.29) is 11.8 Å². The number of rotatable bonds is 6. The zero-order valence-corrected chi connectivity index (χ0v) is 21.1. The maximum Gasteiger partial charge on any atom is 0.220 e. The quantitative estimate of drug-likeness (QED) is 0.519. The van der Waals surface area contributed by atoms with Crippen LogP contribution in [0.2, 0.25) is 0 Å². The molecule has 188 valence electrons. The second kappa shape index (κ2) is 11.0. The Morgan fingerprint density at radius 3 is 2.37 bits per heavy atom. The first-order chi connectivity index (χ1) is 16.7. The highest BCUT2D eigenvalue weighted by Crippen LogP contribution is 2.36. The van der Waals surface area contributed by atoms with Gasteiger partial charge in [-0.15, -0.1) is 0 Å². The lowest BCUT2D eigenvalue weighted by Crippen LogP contribution is -2.40. The van der Waals surface area contributed by atoms with E-state index < -0.39 is 11.7 Å². The van der Waals surface area contributed by atoms with Crippen molar-refractivity contribution in [3.8, 4) is 11.3 Å². The smallest absolute Gasteiger partial charge is 0.220 e. The summed E-state index contributed by atoms with van der Waals surface area (Å²) in [6, 6.07) is 11.9. The molecule has 1 saturated heterocycles. The summed E-state index contributed by atoms with van der Waals surface area (Å²) in [6.45, 7) is 8.91. The fourth-order valence-corrected chi connectivity index (χ4v) is 4.41. The number of anilines is 1. The average molecular weight is 482 g/mol. The first-order valence-electron chi connectivity index (χ1n) is 11.8. The molecule has 0 spiro atoms. The van der Waals surface area contributed by atoms with Crippen molar-refractivity contribution in [3.05, 3.63) is 47.7 Å². The predicted molar refractivity (Wildman–Crippen MR) is 135 cm³/mol. The minimum Gasteiger partial charge on any atom is -0.400 e. The molecule has 0 saturated carbocycles. The molecular formula is C26H35N5O4. The molecule has 3 heterocycles. The molecule has 9 heteroatoms. The number of hydrogen-bond donors (Lipinski definition) is 2. The van der Waals surface area contributed by atoms with E-state index in [2.05, 4.69) is 4.90 Å². The van der Waals surface area contributed by atoms with Gasteiger partial charge in [-0.05, 0) is 40.5 Å². The van der Waals surface area contributed by atoms with Crippen LogP contribution in [-0.2, 0) is 14.3 Å². The number of amides is 1. The third-order valence-electron chi connectivity index (χ3n) is 5.96. The fourth-order valence-electron chi connectivity index (χ4n) is 4.41. The van der Waals surface area contributed by atoms with Gasteiger partial charge in [0.05, 0.1) is 16.9 Å². The number of nitrogens with two attached hydrogens (primary N) is 1. The Balaban J connectivity index is 0.00000167. The van der Waals surface area contributed by atoms with Gasteiger partial charge in [0.15, 0.2) is 11.9 Å². The maximum absolute atomic E-state index is 12.2. The van der Waals surface area contributed by atoms with Crippen LogP contribution in [0, 0.1) is 12.8 Å². The maximum atomic E-state index is 12.2. The molecular weight excluding hydrogens is 446 g/mol. The molecule has 1 aliphatic rings. The van der Waals surface area contributed by atoms with Crippen LogP contribution in [0.25, 0.3) is 16.9 Å². The van der Waals surface area contributed by atoms with E-state index in [9.17, 15) is 9.59 Å². The number of aliphatic hydroxyl groups is 1. The topological polar surface area (TPSA) is 123 Å². The third-order valence-corrected chi connectivity index (χ3v) is 5.96. The van der Waals surface area contributed by atoms with E-state index in [0.717, 1.165) is 36.2 Å². The molecule has 1 unspecified atom stereocenters. The monoisotopic (exact) mass is 481 g/mol. The van der Waals surface area contributed by atoms with Crippen LogP contribution in [0.4, 0.5) is 5.82 Å². The Hall–Kier alpha value is -3.30. The normalized spacial score (nSPS) is 15.4. The summed E-state index contributed by atoms with van der Waals surface area (Å²) in [7, 11) is 1.00. The van der Waals surface area contributed by atoms with Crippen molar-refractivity contribution < 1.29 is 19.4 Å². The van der Waals surface area contributed by atoms with Gasteiger partial charge >= 0.3 is 0 Å². The molecule has 4 rings (SSSR count). The standard InChI is InChI=1S/C25H31N5O3.CH4O/c1-16-22(20(15-31)33-25(2,3)4)24(29-12-10-18(11-13-29)23(26)32)30-21(27-16)14-19(28-30)17-8-6-5-7-9-17;1-2/h5-9,14-15,18,20H,10-13H2,1-4H3,(H2,26,32);2H,1H3. The molecule has 1 atom stereocenters. The number of aryl methyl sites for hydroxylation is 1. The molecule has 1 aromatic carbocycles. The van der Waals surface area contributed by atoms with E-state index in [4.69, 9.17) is 25.7 Å². The summed E-state index contributed by atoms with van der Waals surface area (Å²) in [4.78, 5) is 30.9. The van der Waals surface area contributed by atoms with Crippen molar-refractivity contribution in [3.63, 3.8) is 0 Å². The van der Waals surface area contributed by atoms with Gasteiger partial charge in [0, 0.05) is 43.4 Å². The summed E-state index contributed by atoms with van der Waals surface area (Å²) in [5.41, 5.74) is 8.93. The van der Waals surface area contributed by atoms with Crippen molar-refractivity contribution in [1.82, 2.24) is 14.6 Å². The number of aliphatic hydroxyl groups excluding tert-OH is 1. The number of aldehydes is 1. The van der Waals surface area contributed by atoms with Gasteiger partial charge in [-0.1, -0.05) is 30.3 Å². The summed E-state index contributed by atoms with van der Waals surface area (Å²) in [5.74, 6) is 0.371. The van der Waals surface area contributed by atoms with Gasteiger partial charge in [-0.2, -0.15) is 9.61 Å². The summed E-state index contributed by atoms with van der Waals surface area (Å²) in [6.07, 6.45) is 1.32. The Morgan fingerprint density at radius 2 is 1.83 bits per heavy atom. The highest BCUT2D eigenvalue weighted by atomic mass is 16.5. The highest BCUT2D eigenvalue weighted by molar-refractivity contribution is 5.77. The predicted octanol–water partition coefficient (Wildman–Crippen LogP) is 3.07. The molecule has 0 radical (unpaired) electrons. The van der Waals surface area contributed by atoms with Gasteiger partial charge in [-0.3, -0.25) is 4.79 Å². The van der Waals surface area contributed by atoms with Gasteiger partial charge in [0.25, 0.3) is 0 Å². The third kappa shape index (κ3) is 5.86. The number of ether oxygens (including phenoxy) is 1. The molecule has 35 heavy (non-hydrogen) atoms. The van der Waals surface area contributed by atoms with Crippen molar-refractivity contribution in [2.45, 2.75) is 52.2 Å². The van der Waals surface area contributed by atoms with Crippen molar-refractivity contribution in [1.29, 1.82) is 0 Å². The number of carbonyl (C=O) groups is 2. The Kier molecular flexibility index (Phi) is 8.24. The van der Waals surface area contributed by atoms with Crippen LogP contribution >= 0.6 is 0 Å². The molecule has 3 N–H and O–H groups in total.